The highest BCUT2D eigenvalue weighted by atomic mass is 32.1. The molecular weight excluding hydrogens is 244 g/mol. The number of nitrogens with one attached hydrogen (secondary N) is 1. The minimum atomic E-state index is -1.05. The third-order valence-corrected chi connectivity index (χ3v) is 3.50. The fourth-order valence-corrected chi connectivity index (χ4v) is 2.27. The molecule has 0 unspecified atom stereocenters. The first kappa shape index (κ1) is 13.5. The molecule has 0 fully saturated rings. The van der Waals surface area contributed by atoms with Crippen molar-refractivity contribution in [2.45, 2.75) is 13.8 Å². The molecule has 1 rings (SSSR count). The van der Waals surface area contributed by atoms with Gasteiger partial charge in [0.1, 0.15) is 5.00 Å². The molecule has 0 aliphatic rings. The summed E-state index contributed by atoms with van der Waals surface area (Å²) < 4.78 is 0. The van der Waals surface area contributed by atoms with Gasteiger partial charge in [-0.25, -0.2) is 14.7 Å². The van der Waals surface area contributed by atoms with E-state index in [0.717, 1.165) is 9.94 Å². The van der Waals surface area contributed by atoms with Gasteiger partial charge in [-0.1, -0.05) is 0 Å². The average molecular weight is 258 g/mol. The van der Waals surface area contributed by atoms with E-state index in [-0.39, 0.29) is 5.56 Å². The smallest absolute Gasteiger partial charge is 0.346 e. The minimum absolute atomic E-state index is 0.130. The molecule has 0 saturated heterocycles. The number of urea groups is 1. The molecule has 1 aromatic rings. The van der Waals surface area contributed by atoms with Crippen molar-refractivity contribution in [3.63, 3.8) is 0 Å². The number of anilines is 1. The van der Waals surface area contributed by atoms with Crippen molar-refractivity contribution < 1.29 is 19.5 Å². The second-order valence-corrected chi connectivity index (χ2v) is 4.63. The van der Waals surface area contributed by atoms with E-state index in [1.165, 1.54) is 25.5 Å². The molecule has 0 atom stereocenters. The predicted octanol–water partition coefficient (Wildman–Crippen LogP) is 2.09. The van der Waals surface area contributed by atoms with Crippen LogP contribution >= 0.6 is 11.3 Å². The molecule has 94 valence electrons. The van der Waals surface area contributed by atoms with E-state index in [1.807, 2.05) is 6.92 Å². The Morgan fingerprint density at radius 1 is 1.41 bits per heavy atom. The summed E-state index contributed by atoms with van der Waals surface area (Å²) in [5, 5.41) is 12.9. The van der Waals surface area contributed by atoms with E-state index in [0.29, 0.717) is 10.6 Å². The summed E-state index contributed by atoms with van der Waals surface area (Å²) in [5.74, 6) is -1.05. The number of thiophene rings is 1. The Labute approximate surface area is 103 Å². The molecule has 0 aliphatic carbocycles. The van der Waals surface area contributed by atoms with Crippen molar-refractivity contribution in [1.29, 1.82) is 0 Å². The van der Waals surface area contributed by atoms with Crippen LogP contribution < -0.4 is 5.32 Å². The number of hydrogen-bond acceptors (Lipinski definition) is 4. The van der Waals surface area contributed by atoms with Crippen LogP contribution in [-0.2, 0) is 4.84 Å². The SMILES string of the molecule is CON(C)C(=O)Nc1sc(C)c(C)c1C(=O)O. The monoisotopic (exact) mass is 258 g/mol. The lowest BCUT2D eigenvalue weighted by molar-refractivity contribution is -0.0597. The number of aromatic carboxylic acids is 1. The maximum Gasteiger partial charge on any atom is 0.346 e. The summed E-state index contributed by atoms with van der Waals surface area (Å²) >= 11 is 1.23. The number of nitrogens with zero attached hydrogens (tertiary/aromatic N) is 1. The number of carboxylic acid groups (broad SMARTS) is 1. The third kappa shape index (κ3) is 2.75. The molecule has 1 aromatic heterocycles. The molecule has 0 bridgehead atoms. The van der Waals surface area contributed by atoms with Gasteiger partial charge < -0.3 is 5.11 Å². The maximum absolute atomic E-state index is 11.5. The largest absolute Gasteiger partial charge is 0.478 e. The van der Waals surface area contributed by atoms with Gasteiger partial charge in [0.2, 0.25) is 0 Å². The molecule has 2 N–H and O–H groups in total. The van der Waals surface area contributed by atoms with Crippen LogP contribution in [0, 0.1) is 13.8 Å². The normalized spacial score (nSPS) is 10.1. The number of aryl methyl sites for hydroxylation is 1. The summed E-state index contributed by atoms with van der Waals surface area (Å²) in [6.45, 7) is 3.52. The van der Waals surface area contributed by atoms with Crippen molar-refractivity contribution >= 4 is 28.3 Å². The van der Waals surface area contributed by atoms with Crippen LogP contribution in [0.15, 0.2) is 0 Å². The fourth-order valence-electron chi connectivity index (χ4n) is 1.23. The van der Waals surface area contributed by atoms with Crippen molar-refractivity contribution in [2.75, 3.05) is 19.5 Å². The van der Waals surface area contributed by atoms with Crippen molar-refractivity contribution in [3.05, 3.63) is 16.0 Å². The Hall–Kier alpha value is -1.60. The van der Waals surface area contributed by atoms with Crippen molar-refractivity contribution in [2.24, 2.45) is 0 Å². The number of carbonyl (C=O) groups excluding carboxylic acids is 1. The topological polar surface area (TPSA) is 78.9 Å². The zero-order chi connectivity index (χ0) is 13.2. The molecular formula is C10H14N2O4S. The Bertz CT molecular complexity index is 455. The third-order valence-electron chi connectivity index (χ3n) is 2.38. The molecule has 0 saturated carbocycles. The number of rotatable bonds is 3. The van der Waals surface area contributed by atoms with E-state index in [9.17, 15) is 9.59 Å². The minimum Gasteiger partial charge on any atom is -0.478 e. The van der Waals surface area contributed by atoms with E-state index in [4.69, 9.17) is 9.94 Å². The number of amides is 2. The molecule has 0 spiro atoms. The van der Waals surface area contributed by atoms with Gasteiger partial charge in [-0.2, -0.15) is 0 Å². The number of hydrogen-bond donors (Lipinski definition) is 2. The lowest BCUT2D eigenvalue weighted by atomic mass is 10.1. The first-order chi connectivity index (χ1) is 7.88. The second kappa shape index (κ2) is 5.15. The zero-order valence-electron chi connectivity index (χ0n) is 10.0. The Morgan fingerprint density at radius 3 is 2.47 bits per heavy atom. The van der Waals surface area contributed by atoms with Gasteiger partial charge >= 0.3 is 12.0 Å². The predicted molar refractivity (Wildman–Crippen MR) is 64.5 cm³/mol. The van der Waals surface area contributed by atoms with Crippen LogP contribution in [0.1, 0.15) is 20.8 Å². The average Bonchev–Trinajstić information content (AvgIpc) is 2.53. The van der Waals surface area contributed by atoms with Crippen LogP contribution in [0.3, 0.4) is 0 Å². The summed E-state index contributed by atoms with van der Waals surface area (Å²) in [6, 6.07) is -0.517. The second-order valence-electron chi connectivity index (χ2n) is 3.40. The van der Waals surface area contributed by atoms with Crippen LogP contribution in [0.5, 0.6) is 0 Å². The highest BCUT2D eigenvalue weighted by Crippen LogP contribution is 2.32. The van der Waals surface area contributed by atoms with Crippen molar-refractivity contribution in [3.8, 4) is 0 Å². The molecule has 0 radical (unpaired) electrons. The summed E-state index contributed by atoms with van der Waals surface area (Å²) in [5.41, 5.74) is 0.795. The Kier molecular flexibility index (Phi) is 4.08. The fraction of sp³-hybridized carbons (Fsp3) is 0.400. The van der Waals surface area contributed by atoms with Gasteiger partial charge in [0.05, 0.1) is 12.7 Å². The number of hydroxylamine groups is 2. The van der Waals surface area contributed by atoms with Gasteiger partial charge in [-0.3, -0.25) is 10.2 Å². The van der Waals surface area contributed by atoms with Crippen LogP contribution in [0.4, 0.5) is 9.80 Å². The highest BCUT2D eigenvalue weighted by Gasteiger charge is 2.21. The quantitative estimate of drug-likeness (QED) is 0.814. The van der Waals surface area contributed by atoms with E-state index < -0.39 is 12.0 Å². The maximum atomic E-state index is 11.5. The first-order valence-corrected chi connectivity index (χ1v) is 5.62. The van der Waals surface area contributed by atoms with Gasteiger partial charge in [0.15, 0.2) is 0 Å². The molecule has 0 aromatic carbocycles. The van der Waals surface area contributed by atoms with Crippen molar-refractivity contribution in [1.82, 2.24) is 5.06 Å². The van der Waals surface area contributed by atoms with Crippen LogP contribution in [-0.4, -0.2) is 36.3 Å². The zero-order valence-corrected chi connectivity index (χ0v) is 10.8. The van der Waals surface area contributed by atoms with Gasteiger partial charge in [0.25, 0.3) is 0 Å². The van der Waals surface area contributed by atoms with E-state index in [2.05, 4.69) is 5.32 Å². The van der Waals surface area contributed by atoms with E-state index in [1.54, 1.807) is 6.92 Å². The van der Waals surface area contributed by atoms with Crippen LogP contribution in [0.25, 0.3) is 0 Å². The number of carbonyl (C=O) groups is 2. The lowest BCUT2D eigenvalue weighted by Gasteiger charge is -2.14. The highest BCUT2D eigenvalue weighted by molar-refractivity contribution is 7.16. The molecule has 17 heavy (non-hydrogen) atoms. The summed E-state index contributed by atoms with van der Waals surface area (Å²) in [7, 11) is 2.78. The van der Waals surface area contributed by atoms with Gasteiger partial charge in [-0.15, -0.1) is 11.3 Å². The molecule has 1 heterocycles. The Morgan fingerprint density at radius 2 is 2.00 bits per heavy atom. The lowest BCUT2D eigenvalue weighted by Crippen LogP contribution is -2.30. The Balaban J connectivity index is 3.03. The molecule has 0 aliphatic heterocycles. The van der Waals surface area contributed by atoms with Gasteiger partial charge in [-0.05, 0) is 19.4 Å². The molecule has 6 nitrogen and oxygen atoms in total. The van der Waals surface area contributed by atoms with E-state index >= 15 is 0 Å². The summed E-state index contributed by atoms with van der Waals surface area (Å²) in [6.07, 6.45) is 0. The summed E-state index contributed by atoms with van der Waals surface area (Å²) in [4.78, 5) is 28.2. The number of carboxylic acids is 1. The molecule has 2 amide bonds. The standard InChI is InChI=1S/C10H14N2O4S/c1-5-6(2)17-8(7(5)9(13)14)11-10(15)12(3)16-4/h1-4H3,(H,11,15)(H,13,14). The molecule has 7 heteroatoms. The van der Waals surface area contributed by atoms with Crippen LogP contribution in [0.2, 0.25) is 0 Å². The first-order valence-electron chi connectivity index (χ1n) is 4.80. The van der Waals surface area contributed by atoms with Gasteiger partial charge in [0, 0.05) is 11.9 Å².